The first-order chi connectivity index (χ1) is 3.93. The Labute approximate surface area is 48.0 Å². The van der Waals surface area contributed by atoms with E-state index in [4.69, 9.17) is 0 Å². The third-order valence-electron chi connectivity index (χ3n) is 0.926. The maximum atomic E-state index is 11.6. The van der Waals surface area contributed by atoms with Gasteiger partial charge >= 0.3 is 0 Å². The van der Waals surface area contributed by atoms with Crippen LogP contribution in [0.25, 0.3) is 0 Å². The summed E-state index contributed by atoms with van der Waals surface area (Å²) in [6.07, 6.45) is 0. The summed E-state index contributed by atoms with van der Waals surface area (Å²) >= 11 is 0. The molecule has 1 radical (unpaired) electrons. The summed E-state index contributed by atoms with van der Waals surface area (Å²) in [5.41, 5.74) is 0.618. The Kier molecular flexibility index (Phi) is 1.62. The lowest BCUT2D eigenvalue weighted by atomic mass is 10.2. The molecule has 41 valence electrons. The minimum absolute atomic E-state index is 0.583. The molecule has 1 rings (SSSR count). The van der Waals surface area contributed by atoms with Crippen LogP contribution in [-0.4, -0.2) is 0 Å². The number of hydrogen-bond donors (Lipinski definition) is 0. The molecule has 1 heteroatoms. The van der Waals surface area contributed by atoms with Crippen LogP contribution in [0.15, 0.2) is 30.3 Å². The summed E-state index contributed by atoms with van der Waals surface area (Å²) < 4.78 is 11.6. The molecular formula is C7H6F. The van der Waals surface area contributed by atoms with Gasteiger partial charge in [-0.2, -0.15) is 0 Å². The van der Waals surface area contributed by atoms with E-state index in [1.807, 2.05) is 6.07 Å². The zero-order valence-electron chi connectivity index (χ0n) is 4.34. The third-order valence-corrected chi connectivity index (χ3v) is 0.926. The van der Waals surface area contributed by atoms with Gasteiger partial charge in [0.1, 0.15) is 0 Å². The molecule has 0 bridgehead atoms. The Bertz CT molecular complexity index is 146. The molecule has 8 heavy (non-hydrogen) atoms. The number of benzene rings is 1. The van der Waals surface area contributed by atoms with Crippen LogP contribution in [0.3, 0.4) is 0 Å². The number of halogens is 1. The van der Waals surface area contributed by atoms with E-state index in [2.05, 4.69) is 0 Å². The van der Waals surface area contributed by atoms with Crippen molar-refractivity contribution in [2.75, 3.05) is 0 Å². The molecule has 0 aliphatic heterocycles. The Hall–Kier alpha value is -0.850. The van der Waals surface area contributed by atoms with Gasteiger partial charge in [0.05, 0.1) is 0 Å². The molecule has 0 fully saturated rings. The van der Waals surface area contributed by atoms with Gasteiger partial charge in [0.15, 0.2) is 6.67 Å². The lowest BCUT2D eigenvalue weighted by molar-refractivity contribution is 0.646. The predicted molar refractivity (Wildman–Crippen MR) is 31.0 cm³/mol. The van der Waals surface area contributed by atoms with Gasteiger partial charge in [-0.15, -0.1) is 0 Å². The van der Waals surface area contributed by atoms with Gasteiger partial charge in [0.2, 0.25) is 0 Å². The van der Waals surface area contributed by atoms with Crippen LogP contribution in [-0.2, 0) is 0 Å². The first-order valence-electron chi connectivity index (χ1n) is 2.42. The quantitative estimate of drug-likeness (QED) is 0.518. The van der Waals surface area contributed by atoms with Crippen LogP contribution in [0.5, 0.6) is 0 Å². The predicted octanol–water partition coefficient (Wildman–Crippen LogP) is 2.17. The van der Waals surface area contributed by atoms with Crippen LogP contribution < -0.4 is 0 Å². The van der Waals surface area contributed by atoms with Gasteiger partial charge in [-0.05, 0) is 5.56 Å². The molecule has 0 nitrogen and oxygen atoms in total. The van der Waals surface area contributed by atoms with Crippen molar-refractivity contribution in [1.82, 2.24) is 0 Å². The van der Waals surface area contributed by atoms with Crippen LogP contribution in [0.2, 0.25) is 0 Å². The largest absolute Gasteiger partial charge is 0.239 e. The molecule has 0 saturated carbocycles. The molecule has 0 spiro atoms. The smallest absolute Gasteiger partial charge is 0.160 e. The fourth-order valence-electron chi connectivity index (χ4n) is 0.526. The van der Waals surface area contributed by atoms with E-state index in [0.717, 1.165) is 0 Å². The topological polar surface area (TPSA) is 0 Å². The highest BCUT2D eigenvalue weighted by Gasteiger charge is 1.84. The van der Waals surface area contributed by atoms with Crippen molar-refractivity contribution in [3.63, 3.8) is 0 Å². The highest BCUT2D eigenvalue weighted by Crippen LogP contribution is 2.00. The van der Waals surface area contributed by atoms with Gasteiger partial charge in [-0.1, -0.05) is 30.3 Å². The molecule has 0 aliphatic rings. The molecule has 0 aliphatic carbocycles. The Morgan fingerprint density at radius 3 is 2.12 bits per heavy atom. The summed E-state index contributed by atoms with van der Waals surface area (Å²) in [6, 6.07) is 8.86. The fraction of sp³-hybridized carbons (Fsp3) is 0. The van der Waals surface area contributed by atoms with E-state index in [9.17, 15) is 4.39 Å². The maximum Gasteiger partial charge on any atom is 0.160 e. The highest BCUT2D eigenvalue weighted by atomic mass is 19.1. The normalized spacial score (nSPS) is 9.12. The van der Waals surface area contributed by atoms with Gasteiger partial charge in [-0.3, -0.25) is 0 Å². The molecule has 0 heterocycles. The van der Waals surface area contributed by atoms with Gasteiger partial charge in [0, 0.05) is 0 Å². The average Bonchev–Trinajstić information content (AvgIpc) is 1.90. The Morgan fingerprint density at radius 1 is 1.12 bits per heavy atom. The molecule has 1 aromatic rings. The maximum absolute atomic E-state index is 11.6. The Balaban J connectivity index is 2.83. The fourth-order valence-corrected chi connectivity index (χ4v) is 0.526. The van der Waals surface area contributed by atoms with E-state index >= 15 is 0 Å². The van der Waals surface area contributed by atoms with Gasteiger partial charge in [-0.25, -0.2) is 4.39 Å². The van der Waals surface area contributed by atoms with E-state index in [0.29, 0.717) is 12.2 Å². The molecule has 0 aromatic heterocycles. The first-order valence-corrected chi connectivity index (χ1v) is 2.42. The minimum Gasteiger partial charge on any atom is -0.239 e. The zero-order chi connectivity index (χ0) is 5.82. The lowest BCUT2D eigenvalue weighted by Crippen LogP contribution is -1.69. The van der Waals surface area contributed by atoms with Crippen LogP contribution >= 0.6 is 0 Å². The monoisotopic (exact) mass is 109 g/mol. The number of hydrogen-bond acceptors (Lipinski definition) is 0. The second-order valence-corrected chi connectivity index (χ2v) is 1.52. The van der Waals surface area contributed by atoms with Crippen LogP contribution in [0.4, 0.5) is 4.39 Å². The van der Waals surface area contributed by atoms with E-state index < -0.39 is 0 Å². The second-order valence-electron chi connectivity index (χ2n) is 1.52. The average molecular weight is 109 g/mol. The molecule has 0 unspecified atom stereocenters. The van der Waals surface area contributed by atoms with E-state index in [1.54, 1.807) is 24.3 Å². The molecule has 0 atom stereocenters. The summed E-state index contributed by atoms with van der Waals surface area (Å²) in [7, 11) is 0. The van der Waals surface area contributed by atoms with Crippen molar-refractivity contribution in [3.05, 3.63) is 42.6 Å². The third kappa shape index (κ3) is 1.06. The molecule has 0 saturated heterocycles. The summed E-state index contributed by atoms with van der Waals surface area (Å²) in [5.74, 6) is 0. The van der Waals surface area contributed by atoms with Crippen molar-refractivity contribution >= 4 is 0 Å². The Morgan fingerprint density at radius 2 is 1.75 bits per heavy atom. The summed E-state index contributed by atoms with van der Waals surface area (Å²) in [6.45, 7) is 0.583. The minimum atomic E-state index is 0.583. The van der Waals surface area contributed by atoms with Crippen LogP contribution in [0, 0.1) is 6.67 Å². The lowest BCUT2D eigenvalue weighted by Gasteiger charge is -1.86. The second kappa shape index (κ2) is 2.46. The van der Waals surface area contributed by atoms with Gasteiger partial charge < -0.3 is 0 Å². The summed E-state index contributed by atoms with van der Waals surface area (Å²) in [5, 5.41) is 0. The van der Waals surface area contributed by atoms with Crippen molar-refractivity contribution in [2.24, 2.45) is 0 Å². The van der Waals surface area contributed by atoms with Crippen molar-refractivity contribution in [1.29, 1.82) is 0 Å². The molecular weight excluding hydrogens is 103 g/mol. The van der Waals surface area contributed by atoms with Crippen molar-refractivity contribution in [3.8, 4) is 0 Å². The molecule has 0 amide bonds. The van der Waals surface area contributed by atoms with Gasteiger partial charge in [0.25, 0.3) is 0 Å². The standard InChI is InChI=1S/C7H6F/c8-6-7-4-2-1-3-5-7/h1-6H. The van der Waals surface area contributed by atoms with Crippen LogP contribution in [0.1, 0.15) is 5.56 Å². The van der Waals surface area contributed by atoms with E-state index in [1.165, 1.54) is 0 Å². The summed E-state index contributed by atoms with van der Waals surface area (Å²) in [4.78, 5) is 0. The zero-order valence-corrected chi connectivity index (χ0v) is 4.34. The SMILES string of the molecule is F[CH]c1ccccc1. The number of rotatable bonds is 1. The molecule has 0 N–H and O–H groups in total. The highest BCUT2D eigenvalue weighted by molar-refractivity contribution is 5.19. The van der Waals surface area contributed by atoms with E-state index in [-0.39, 0.29) is 0 Å². The van der Waals surface area contributed by atoms with Crippen molar-refractivity contribution < 1.29 is 4.39 Å². The molecule has 1 aromatic carbocycles. The van der Waals surface area contributed by atoms with Crippen molar-refractivity contribution in [2.45, 2.75) is 0 Å². The first kappa shape index (κ1) is 5.29.